The molecule has 6 heteroatoms. The number of nitrogens with one attached hydrogen (secondary N) is 2. The number of fused-ring (bicyclic) bond motifs is 1. The minimum Gasteiger partial charge on any atom is -0.748 e. The van der Waals surface area contributed by atoms with Crippen LogP contribution < -0.4 is 4.98 Å². The molecule has 0 atom stereocenters. The molecule has 0 bridgehead atoms. The number of rotatable bonds is 2. The van der Waals surface area contributed by atoms with Gasteiger partial charge in [-0.25, -0.2) is 18.4 Å². The summed E-state index contributed by atoms with van der Waals surface area (Å²) in [7, 11) is -4.13. The van der Waals surface area contributed by atoms with Gasteiger partial charge in [-0.1, -0.05) is 42.5 Å². The number of imidazole rings is 1. The Balaban J connectivity index is 0.000000149. The van der Waals surface area contributed by atoms with Crippen molar-refractivity contribution in [3.05, 3.63) is 66.5 Å². The van der Waals surface area contributed by atoms with Gasteiger partial charge in [0.2, 0.25) is 6.33 Å². The van der Waals surface area contributed by atoms with Gasteiger partial charge in [-0.15, -0.1) is 0 Å². The SMILES string of the molecule is O=S(=O)([O-])Cc1ccccc1.c1ccc2[nH+]c[nH]c2c1. The zero-order valence-corrected chi connectivity index (χ0v) is 11.4. The van der Waals surface area contributed by atoms with Crippen molar-refractivity contribution in [2.45, 2.75) is 5.75 Å². The zero-order chi connectivity index (χ0) is 14.4. The lowest BCUT2D eigenvalue weighted by atomic mass is 10.2. The van der Waals surface area contributed by atoms with E-state index in [1.54, 1.807) is 30.3 Å². The average molecular weight is 290 g/mol. The second kappa shape index (κ2) is 6.31. The maximum Gasteiger partial charge on any atom is 0.240 e. The Labute approximate surface area is 117 Å². The summed E-state index contributed by atoms with van der Waals surface area (Å²) in [6.07, 6.45) is 1.82. The molecule has 2 N–H and O–H groups in total. The largest absolute Gasteiger partial charge is 0.748 e. The molecule has 0 amide bonds. The van der Waals surface area contributed by atoms with Crippen LogP contribution in [0.25, 0.3) is 11.0 Å². The van der Waals surface area contributed by atoms with Crippen molar-refractivity contribution in [3.63, 3.8) is 0 Å². The van der Waals surface area contributed by atoms with E-state index < -0.39 is 15.9 Å². The third kappa shape index (κ3) is 4.49. The summed E-state index contributed by atoms with van der Waals surface area (Å²) >= 11 is 0. The van der Waals surface area contributed by atoms with E-state index in [0.29, 0.717) is 5.56 Å². The van der Waals surface area contributed by atoms with Crippen LogP contribution in [0.5, 0.6) is 0 Å². The molecule has 0 aliphatic rings. The fourth-order valence-electron chi connectivity index (χ4n) is 1.70. The van der Waals surface area contributed by atoms with Crippen molar-refractivity contribution < 1.29 is 18.0 Å². The third-order valence-electron chi connectivity index (χ3n) is 2.57. The van der Waals surface area contributed by atoms with E-state index in [2.05, 4.69) is 9.97 Å². The van der Waals surface area contributed by atoms with Crippen molar-refractivity contribution in [2.75, 3.05) is 0 Å². The lowest BCUT2D eigenvalue weighted by molar-refractivity contribution is -0.344. The highest BCUT2D eigenvalue weighted by Crippen LogP contribution is 2.03. The predicted molar refractivity (Wildman–Crippen MR) is 74.7 cm³/mol. The molecule has 0 saturated heterocycles. The number of para-hydroxylation sites is 2. The smallest absolute Gasteiger partial charge is 0.240 e. The molecule has 20 heavy (non-hydrogen) atoms. The summed E-state index contributed by atoms with van der Waals surface area (Å²) in [6.45, 7) is 0. The van der Waals surface area contributed by atoms with E-state index in [-0.39, 0.29) is 0 Å². The van der Waals surface area contributed by atoms with Gasteiger partial charge in [-0.05, 0) is 17.7 Å². The average Bonchev–Trinajstić information content (AvgIpc) is 2.87. The maximum atomic E-state index is 10.2. The molecule has 0 spiro atoms. The second-order valence-corrected chi connectivity index (χ2v) is 5.57. The van der Waals surface area contributed by atoms with Crippen molar-refractivity contribution >= 4 is 21.2 Å². The number of benzene rings is 2. The van der Waals surface area contributed by atoms with Gasteiger partial charge in [0.1, 0.15) is 0 Å². The molecular formula is C14H14N2O3S. The number of aromatic nitrogens is 2. The summed E-state index contributed by atoms with van der Waals surface area (Å²) in [5.74, 6) is -0.423. The number of hydrogen-bond donors (Lipinski definition) is 1. The molecule has 1 heterocycles. The normalized spacial score (nSPS) is 10.8. The van der Waals surface area contributed by atoms with Gasteiger partial charge in [0.25, 0.3) is 0 Å². The first kappa shape index (κ1) is 14.2. The summed E-state index contributed by atoms with van der Waals surface area (Å²) in [5, 5.41) is 0. The monoisotopic (exact) mass is 290 g/mol. The molecule has 0 fully saturated rings. The standard InChI is InChI=1S/C7H6N2.C7H8O3S/c1-2-4-7-6(3-1)8-5-9-7;8-11(9,10)6-7-4-2-1-3-5-7/h1-5H,(H,8,9);1-5H,6H2,(H,8,9,10). The van der Waals surface area contributed by atoms with E-state index >= 15 is 0 Å². The zero-order valence-electron chi connectivity index (χ0n) is 10.6. The van der Waals surface area contributed by atoms with Crippen LogP contribution in [0.3, 0.4) is 0 Å². The molecule has 0 unspecified atom stereocenters. The van der Waals surface area contributed by atoms with E-state index in [4.69, 9.17) is 0 Å². The first-order chi connectivity index (χ1) is 9.54. The van der Waals surface area contributed by atoms with Gasteiger partial charge in [-0.2, -0.15) is 0 Å². The van der Waals surface area contributed by atoms with Gasteiger partial charge >= 0.3 is 0 Å². The van der Waals surface area contributed by atoms with Crippen LogP contribution in [-0.4, -0.2) is 18.0 Å². The van der Waals surface area contributed by atoms with E-state index in [1.165, 1.54) is 0 Å². The summed E-state index contributed by atoms with van der Waals surface area (Å²) in [5.41, 5.74) is 2.83. The molecule has 0 aliphatic heterocycles. The lowest BCUT2D eigenvalue weighted by Crippen LogP contribution is -2.01. The van der Waals surface area contributed by atoms with Gasteiger partial charge < -0.3 is 4.55 Å². The molecule has 1 aromatic heterocycles. The Kier molecular flexibility index (Phi) is 4.49. The predicted octanol–water partition coefficient (Wildman–Crippen LogP) is 1.71. The van der Waals surface area contributed by atoms with Crippen LogP contribution >= 0.6 is 0 Å². The minimum atomic E-state index is -4.13. The van der Waals surface area contributed by atoms with Crippen LogP contribution in [-0.2, 0) is 15.9 Å². The first-order valence-corrected chi connectivity index (χ1v) is 7.53. The molecule has 0 radical (unpaired) electrons. The number of aromatic amines is 2. The Morgan fingerprint density at radius 3 is 2.30 bits per heavy atom. The van der Waals surface area contributed by atoms with Crippen molar-refractivity contribution in [3.8, 4) is 0 Å². The van der Waals surface area contributed by atoms with Crippen LogP contribution in [0.4, 0.5) is 0 Å². The van der Waals surface area contributed by atoms with Gasteiger partial charge in [-0.3, -0.25) is 0 Å². The quantitative estimate of drug-likeness (QED) is 0.729. The number of hydrogen-bond acceptors (Lipinski definition) is 3. The molecule has 104 valence electrons. The van der Waals surface area contributed by atoms with Crippen molar-refractivity contribution in [1.29, 1.82) is 0 Å². The number of H-pyrrole nitrogens is 2. The Bertz CT molecular complexity index is 737. The third-order valence-corrected chi connectivity index (χ3v) is 3.26. The Morgan fingerprint density at radius 1 is 1.00 bits per heavy atom. The fraction of sp³-hybridized carbons (Fsp3) is 0.0714. The summed E-state index contributed by atoms with van der Waals surface area (Å²) in [6, 6.07) is 16.4. The highest BCUT2D eigenvalue weighted by Gasteiger charge is 1.96. The Morgan fingerprint density at radius 2 is 1.65 bits per heavy atom. The molecule has 2 aromatic carbocycles. The van der Waals surface area contributed by atoms with Crippen LogP contribution in [0, 0.1) is 0 Å². The van der Waals surface area contributed by atoms with E-state index in [9.17, 15) is 13.0 Å². The van der Waals surface area contributed by atoms with Gasteiger partial charge in [0.15, 0.2) is 11.0 Å². The molecule has 3 aromatic rings. The molecule has 5 nitrogen and oxygen atoms in total. The topological polar surface area (TPSA) is 87.1 Å². The van der Waals surface area contributed by atoms with E-state index in [0.717, 1.165) is 11.0 Å². The van der Waals surface area contributed by atoms with E-state index in [1.807, 2.05) is 30.6 Å². The highest BCUT2D eigenvalue weighted by molar-refractivity contribution is 7.84. The van der Waals surface area contributed by atoms with Crippen LogP contribution in [0.15, 0.2) is 60.9 Å². The fourth-order valence-corrected chi connectivity index (χ4v) is 2.31. The van der Waals surface area contributed by atoms with Crippen LogP contribution in [0.2, 0.25) is 0 Å². The lowest BCUT2D eigenvalue weighted by Gasteiger charge is -2.05. The highest BCUT2D eigenvalue weighted by atomic mass is 32.2. The van der Waals surface area contributed by atoms with Crippen LogP contribution in [0.1, 0.15) is 5.56 Å². The van der Waals surface area contributed by atoms with Crippen molar-refractivity contribution in [2.24, 2.45) is 0 Å². The first-order valence-electron chi connectivity index (χ1n) is 5.96. The summed E-state index contributed by atoms with van der Waals surface area (Å²) < 4.78 is 30.7. The summed E-state index contributed by atoms with van der Waals surface area (Å²) in [4.78, 5) is 6.13. The second-order valence-electron chi connectivity index (χ2n) is 4.17. The van der Waals surface area contributed by atoms with Crippen molar-refractivity contribution in [1.82, 2.24) is 4.98 Å². The molecule has 0 aliphatic carbocycles. The molecular weight excluding hydrogens is 276 g/mol. The maximum absolute atomic E-state index is 10.2. The molecule has 0 saturated carbocycles. The molecule has 3 rings (SSSR count). The Hall–Kier alpha value is -2.18. The van der Waals surface area contributed by atoms with Gasteiger partial charge in [0.05, 0.1) is 15.9 Å². The van der Waals surface area contributed by atoms with Gasteiger partial charge in [0, 0.05) is 0 Å². The minimum absolute atomic E-state index is 0.423.